The van der Waals surface area contributed by atoms with Crippen LogP contribution in [0.25, 0.3) is 0 Å². The molecular weight excluding hydrogens is 384 g/mol. The first-order chi connectivity index (χ1) is 13.5. The number of piperidine rings is 1. The van der Waals surface area contributed by atoms with E-state index in [-0.39, 0.29) is 30.3 Å². The number of likely N-dealkylation sites (tertiary alicyclic amines) is 1. The van der Waals surface area contributed by atoms with Crippen LogP contribution in [0.5, 0.6) is 0 Å². The van der Waals surface area contributed by atoms with Gasteiger partial charge in [-0.1, -0.05) is 57.0 Å². The van der Waals surface area contributed by atoms with E-state index in [4.69, 9.17) is 0 Å². The molecule has 1 aliphatic carbocycles. The molecule has 1 aromatic carbocycles. The molecule has 5 heteroatoms. The van der Waals surface area contributed by atoms with E-state index < -0.39 is 5.60 Å². The molecule has 1 saturated heterocycles. The molecule has 0 spiro atoms. The van der Waals surface area contributed by atoms with Crippen molar-refractivity contribution in [2.75, 3.05) is 19.6 Å². The molecule has 1 aromatic rings. The van der Waals surface area contributed by atoms with Crippen molar-refractivity contribution in [3.05, 3.63) is 35.9 Å². The van der Waals surface area contributed by atoms with Crippen molar-refractivity contribution >= 4 is 18.3 Å². The van der Waals surface area contributed by atoms with Crippen molar-refractivity contribution < 1.29 is 9.90 Å². The molecule has 164 valence electrons. The van der Waals surface area contributed by atoms with E-state index in [9.17, 15) is 9.90 Å². The van der Waals surface area contributed by atoms with Gasteiger partial charge in [0.1, 0.15) is 0 Å². The van der Waals surface area contributed by atoms with Gasteiger partial charge in [0.05, 0.1) is 0 Å². The number of rotatable bonds is 9. The maximum Gasteiger partial charge on any atom is 0.257 e. The molecule has 4 nitrogen and oxygen atoms in total. The predicted molar refractivity (Wildman–Crippen MR) is 121 cm³/mol. The number of halogens is 1. The Kier molecular flexibility index (Phi) is 9.45. The third-order valence-corrected chi connectivity index (χ3v) is 7.05. The Balaban J connectivity index is 0.00000300. The van der Waals surface area contributed by atoms with Crippen molar-refractivity contribution in [3.63, 3.8) is 0 Å². The van der Waals surface area contributed by atoms with Gasteiger partial charge in [-0.25, -0.2) is 0 Å². The molecule has 0 aromatic heterocycles. The molecule has 2 atom stereocenters. The first-order valence-electron chi connectivity index (χ1n) is 11.3. The third kappa shape index (κ3) is 5.96. The van der Waals surface area contributed by atoms with Gasteiger partial charge < -0.3 is 15.3 Å². The molecule has 1 amide bonds. The van der Waals surface area contributed by atoms with Crippen molar-refractivity contribution in [1.29, 1.82) is 0 Å². The highest BCUT2D eigenvalue weighted by Crippen LogP contribution is 2.42. The topological polar surface area (TPSA) is 52.6 Å². The summed E-state index contributed by atoms with van der Waals surface area (Å²) in [5, 5.41) is 14.6. The maximum atomic E-state index is 13.2. The van der Waals surface area contributed by atoms with Crippen LogP contribution in [-0.4, -0.2) is 41.6 Å². The predicted octanol–water partition coefficient (Wildman–Crippen LogP) is 4.50. The Bertz CT molecular complexity index is 615. The van der Waals surface area contributed by atoms with Crippen LogP contribution in [-0.2, 0) is 10.4 Å². The van der Waals surface area contributed by atoms with Gasteiger partial charge in [-0.3, -0.25) is 4.79 Å². The number of carbonyl (C=O) groups excluding carboxylic acids is 1. The second-order valence-corrected chi connectivity index (χ2v) is 9.01. The smallest absolute Gasteiger partial charge is 0.257 e. The van der Waals surface area contributed by atoms with Gasteiger partial charge in [-0.15, -0.1) is 12.4 Å². The first-order valence-corrected chi connectivity index (χ1v) is 11.3. The number of amides is 1. The van der Waals surface area contributed by atoms with Gasteiger partial charge in [0.25, 0.3) is 5.91 Å². The first kappa shape index (κ1) is 24.2. The summed E-state index contributed by atoms with van der Waals surface area (Å²) >= 11 is 0. The lowest BCUT2D eigenvalue weighted by molar-refractivity contribution is -0.153. The highest BCUT2D eigenvalue weighted by molar-refractivity contribution is 5.87. The summed E-state index contributed by atoms with van der Waals surface area (Å²) in [6.07, 6.45) is 8.73. The average Bonchev–Trinajstić information content (AvgIpc) is 2.68. The van der Waals surface area contributed by atoms with E-state index in [0.717, 1.165) is 56.7 Å². The molecule has 1 heterocycles. The molecule has 3 rings (SSSR count). The number of nitrogens with zero attached hydrogens (tertiary/aromatic N) is 1. The lowest BCUT2D eigenvalue weighted by Gasteiger charge is -2.42. The van der Waals surface area contributed by atoms with Crippen LogP contribution in [0.3, 0.4) is 0 Å². The second kappa shape index (κ2) is 11.3. The van der Waals surface area contributed by atoms with Gasteiger partial charge in [0, 0.05) is 25.0 Å². The van der Waals surface area contributed by atoms with E-state index in [1.807, 2.05) is 30.3 Å². The summed E-state index contributed by atoms with van der Waals surface area (Å²) in [5.41, 5.74) is -0.646. The second-order valence-electron chi connectivity index (χ2n) is 9.01. The van der Waals surface area contributed by atoms with Gasteiger partial charge >= 0.3 is 0 Å². The summed E-state index contributed by atoms with van der Waals surface area (Å²) in [6.45, 7) is 7.84. The van der Waals surface area contributed by atoms with Crippen molar-refractivity contribution in [2.45, 2.75) is 76.9 Å². The van der Waals surface area contributed by atoms with Gasteiger partial charge in [0.15, 0.2) is 5.60 Å². The van der Waals surface area contributed by atoms with E-state index in [1.165, 1.54) is 25.8 Å². The zero-order valence-electron chi connectivity index (χ0n) is 18.1. The summed E-state index contributed by atoms with van der Waals surface area (Å²) in [4.78, 5) is 15.7. The summed E-state index contributed by atoms with van der Waals surface area (Å²) in [6, 6.07) is 9.69. The monoisotopic (exact) mass is 422 g/mol. The molecule has 0 radical (unpaired) electrons. The lowest BCUT2D eigenvalue weighted by atomic mass is 9.69. The minimum atomic E-state index is -1.38. The van der Waals surface area contributed by atoms with Crippen LogP contribution in [0.1, 0.15) is 70.8 Å². The minimum Gasteiger partial charge on any atom is -0.375 e. The van der Waals surface area contributed by atoms with Crippen LogP contribution in [0.15, 0.2) is 30.3 Å². The van der Waals surface area contributed by atoms with Crippen molar-refractivity contribution in [3.8, 4) is 0 Å². The van der Waals surface area contributed by atoms with Crippen molar-refractivity contribution in [2.24, 2.45) is 11.8 Å². The molecule has 2 unspecified atom stereocenters. The standard InChI is InChI=1S/C24H38N2O2.ClH/c1-3-19(2)9-8-16-26-17-14-22(15-18-26)25-23(27)24(28,21-12-7-13-21)20-10-5-4-6-11-20;/h4-6,10-11,19,21-22,28H,3,7-9,12-18H2,1-2H3,(H,25,27);1H. The van der Waals surface area contributed by atoms with E-state index in [2.05, 4.69) is 24.1 Å². The van der Waals surface area contributed by atoms with E-state index in [0.29, 0.717) is 0 Å². The van der Waals surface area contributed by atoms with Crippen LogP contribution in [0, 0.1) is 11.8 Å². The fraction of sp³-hybridized carbons (Fsp3) is 0.708. The highest BCUT2D eigenvalue weighted by atomic mass is 35.5. The van der Waals surface area contributed by atoms with Gasteiger partial charge in [-0.2, -0.15) is 0 Å². The number of aliphatic hydroxyl groups is 1. The van der Waals surface area contributed by atoms with Crippen LogP contribution in [0.4, 0.5) is 0 Å². The van der Waals surface area contributed by atoms with Crippen LogP contribution >= 0.6 is 12.4 Å². The quantitative estimate of drug-likeness (QED) is 0.615. The fourth-order valence-corrected chi connectivity index (χ4v) is 4.53. The number of carbonyl (C=O) groups is 1. The molecule has 1 saturated carbocycles. The highest BCUT2D eigenvalue weighted by Gasteiger charge is 2.48. The van der Waals surface area contributed by atoms with Gasteiger partial charge in [-0.05, 0) is 56.6 Å². The van der Waals surface area contributed by atoms with Crippen LogP contribution < -0.4 is 5.32 Å². The summed E-state index contributed by atoms with van der Waals surface area (Å²) < 4.78 is 0. The molecule has 29 heavy (non-hydrogen) atoms. The SMILES string of the molecule is CCC(C)CCCN1CCC(NC(=O)C(O)(c2ccccc2)C2CCC2)CC1.Cl. The Morgan fingerprint density at radius 2 is 1.86 bits per heavy atom. The Labute approximate surface area is 182 Å². The normalized spacial score (nSPS) is 21.5. The molecule has 2 aliphatic rings. The largest absolute Gasteiger partial charge is 0.375 e. The number of hydrogen-bond donors (Lipinski definition) is 2. The molecule has 2 N–H and O–H groups in total. The number of nitrogens with one attached hydrogen (secondary N) is 1. The number of hydrogen-bond acceptors (Lipinski definition) is 3. The molecule has 1 aliphatic heterocycles. The third-order valence-electron chi connectivity index (χ3n) is 7.05. The number of benzene rings is 1. The lowest BCUT2D eigenvalue weighted by Crippen LogP contribution is -2.55. The molecular formula is C24H39ClN2O2. The van der Waals surface area contributed by atoms with E-state index >= 15 is 0 Å². The summed E-state index contributed by atoms with van der Waals surface area (Å²) in [5.74, 6) is 0.660. The summed E-state index contributed by atoms with van der Waals surface area (Å²) in [7, 11) is 0. The Hall–Kier alpha value is -1.10. The van der Waals surface area contributed by atoms with Crippen molar-refractivity contribution in [1.82, 2.24) is 10.2 Å². The zero-order valence-corrected chi connectivity index (χ0v) is 18.9. The van der Waals surface area contributed by atoms with Gasteiger partial charge in [0.2, 0.25) is 0 Å². The Morgan fingerprint density at radius 1 is 1.21 bits per heavy atom. The molecule has 0 bridgehead atoms. The Morgan fingerprint density at radius 3 is 2.41 bits per heavy atom. The van der Waals surface area contributed by atoms with E-state index in [1.54, 1.807) is 0 Å². The average molecular weight is 423 g/mol. The maximum absolute atomic E-state index is 13.2. The molecule has 2 fully saturated rings. The zero-order chi connectivity index (χ0) is 20.0. The van der Waals surface area contributed by atoms with Crippen LogP contribution in [0.2, 0.25) is 0 Å². The fourth-order valence-electron chi connectivity index (χ4n) is 4.53. The minimum absolute atomic E-state index is 0.